The van der Waals surface area contributed by atoms with Gasteiger partial charge in [0.15, 0.2) is 11.0 Å². The first-order chi connectivity index (χ1) is 13.5. The van der Waals surface area contributed by atoms with Gasteiger partial charge in [0.2, 0.25) is 0 Å². The molecule has 0 saturated heterocycles. The van der Waals surface area contributed by atoms with Crippen molar-refractivity contribution in [2.24, 2.45) is 0 Å². The smallest absolute Gasteiger partial charge is 0.196 e. The van der Waals surface area contributed by atoms with Gasteiger partial charge >= 0.3 is 0 Å². The van der Waals surface area contributed by atoms with E-state index in [9.17, 15) is 8.78 Å². The SMILES string of the molecule is Cc1noc(C)c1CSc1nnc(-c2ccc(F)cc2)n1-c1ccc(F)cc1. The van der Waals surface area contributed by atoms with Crippen molar-refractivity contribution in [3.05, 3.63) is 77.2 Å². The van der Waals surface area contributed by atoms with Gasteiger partial charge < -0.3 is 4.52 Å². The monoisotopic (exact) mass is 398 g/mol. The molecule has 0 radical (unpaired) electrons. The molecule has 28 heavy (non-hydrogen) atoms. The second-order valence-electron chi connectivity index (χ2n) is 6.22. The fraction of sp³-hybridized carbons (Fsp3) is 0.150. The molecule has 0 bridgehead atoms. The van der Waals surface area contributed by atoms with Gasteiger partial charge in [-0.1, -0.05) is 16.9 Å². The highest BCUT2D eigenvalue weighted by Gasteiger charge is 2.18. The summed E-state index contributed by atoms with van der Waals surface area (Å²) in [5.41, 5.74) is 3.26. The van der Waals surface area contributed by atoms with E-state index in [4.69, 9.17) is 4.52 Å². The van der Waals surface area contributed by atoms with Gasteiger partial charge in [-0.15, -0.1) is 10.2 Å². The molecule has 0 spiro atoms. The molecule has 4 aromatic rings. The first-order valence-electron chi connectivity index (χ1n) is 8.55. The Bertz CT molecular complexity index is 1080. The fourth-order valence-electron chi connectivity index (χ4n) is 2.82. The van der Waals surface area contributed by atoms with Crippen LogP contribution in [0.2, 0.25) is 0 Å². The van der Waals surface area contributed by atoms with Gasteiger partial charge in [-0.05, 0) is 62.4 Å². The Morgan fingerprint density at radius 1 is 0.929 bits per heavy atom. The Balaban J connectivity index is 1.75. The fourth-order valence-corrected chi connectivity index (χ4v) is 3.92. The molecule has 0 atom stereocenters. The molecule has 8 heteroatoms. The normalized spacial score (nSPS) is 11.1. The van der Waals surface area contributed by atoms with Gasteiger partial charge in [0.25, 0.3) is 0 Å². The van der Waals surface area contributed by atoms with Crippen molar-refractivity contribution in [2.45, 2.75) is 24.8 Å². The van der Waals surface area contributed by atoms with Crippen LogP contribution in [-0.4, -0.2) is 19.9 Å². The largest absolute Gasteiger partial charge is 0.361 e. The summed E-state index contributed by atoms with van der Waals surface area (Å²) >= 11 is 1.47. The van der Waals surface area contributed by atoms with Crippen molar-refractivity contribution in [2.75, 3.05) is 0 Å². The van der Waals surface area contributed by atoms with Gasteiger partial charge in [0.05, 0.1) is 5.69 Å². The third-order valence-electron chi connectivity index (χ3n) is 4.35. The highest BCUT2D eigenvalue weighted by molar-refractivity contribution is 7.98. The molecule has 2 aromatic carbocycles. The highest BCUT2D eigenvalue weighted by atomic mass is 32.2. The molecule has 0 amide bonds. The molecule has 0 aliphatic rings. The zero-order chi connectivity index (χ0) is 19.7. The van der Waals surface area contributed by atoms with E-state index >= 15 is 0 Å². The summed E-state index contributed by atoms with van der Waals surface area (Å²) in [4.78, 5) is 0. The topological polar surface area (TPSA) is 56.7 Å². The van der Waals surface area contributed by atoms with Gasteiger partial charge in [-0.25, -0.2) is 8.78 Å². The number of rotatable bonds is 5. The van der Waals surface area contributed by atoms with Gasteiger partial charge in [-0.2, -0.15) is 0 Å². The minimum absolute atomic E-state index is 0.329. The van der Waals surface area contributed by atoms with Crippen LogP contribution in [0, 0.1) is 25.5 Å². The number of nitrogens with zero attached hydrogens (tertiary/aromatic N) is 4. The van der Waals surface area contributed by atoms with E-state index in [0.717, 1.165) is 17.0 Å². The van der Waals surface area contributed by atoms with E-state index < -0.39 is 0 Å². The third-order valence-corrected chi connectivity index (χ3v) is 5.30. The van der Waals surface area contributed by atoms with E-state index in [1.807, 2.05) is 18.4 Å². The van der Waals surface area contributed by atoms with Crippen molar-refractivity contribution < 1.29 is 13.3 Å². The number of thioether (sulfide) groups is 1. The van der Waals surface area contributed by atoms with E-state index in [1.54, 1.807) is 24.3 Å². The summed E-state index contributed by atoms with van der Waals surface area (Å²) in [6.07, 6.45) is 0. The van der Waals surface area contributed by atoms with Crippen molar-refractivity contribution >= 4 is 11.8 Å². The number of hydrogen-bond acceptors (Lipinski definition) is 5. The van der Waals surface area contributed by atoms with Crippen molar-refractivity contribution in [3.8, 4) is 17.1 Å². The lowest BCUT2D eigenvalue weighted by molar-refractivity contribution is 0.392. The standard InChI is InChI=1S/C20H16F2N4OS/c1-12-18(13(2)27-25-12)11-28-20-24-23-19(14-3-5-15(21)6-4-14)26(20)17-9-7-16(22)8-10-17/h3-10H,11H2,1-2H3. The summed E-state index contributed by atoms with van der Waals surface area (Å²) in [6, 6.07) is 12.1. The molecule has 0 unspecified atom stereocenters. The Morgan fingerprint density at radius 3 is 2.18 bits per heavy atom. The van der Waals surface area contributed by atoms with E-state index in [2.05, 4.69) is 15.4 Å². The third kappa shape index (κ3) is 3.55. The maximum atomic E-state index is 13.4. The molecule has 142 valence electrons. The first kappa shape index (κ1) is 18.4. The minimum Gasteiger partial charge on any atom is -0.361 e. The highest BCUT2D eigenvalue weighted by Crippen LogP contribution is 2.31. The summed E-state index contributed by atoms with van der Waals surface area (Å²) < 4.78 is 33.8. The van der Waals surface area contributed by atoms with Crippen molar-refractivity contribution in [3.63, 3.8) is 0 Å². The van der Waals surface area contributed by atoms with Gasteiger partial charge in [0.1, 0.15) is 17.4 Å². The van der Waals surface area contributed by atoms with E-state index in [0.29, 0.717) is 28.0 Å². The molecule has 0 aliphatic heterocycles. The summed E-state index contributed by atoms with van der Waals surface area (Å²) in [6.45, 7) is 3.76. The van der Waals surface area contributed by atoms with Crippen LogP contribution >= 0.6 is 11.8 Å². The maximum absolute atomic E-state index is 13.4. The number of halogens is 2. The Labute approximate surface area is 164 Å². The van der Waals surface area contributed by atoms with Crippen LogP contribution in [0.4, 0.5) is 8.78 Å². The lowest BCUT2D eigenvalue weighted by Gasteiger charge is -2.10. The quantitative estimate of drug-likeness (QED) is 0.437. The zero-order valence-corrected chi connectivity index (χ0v) is 16.0. The summed E-state index contributed by atoms with van der Waals surface area (Å²) in [7, 11) is 0. The van der Waals surface area contributed by atoms with E-state index in [-0.39, 0.29) is 11.6 Å². The molecule has 5 nitrogen and oxygen atoms in total. The number of benzene rings is 2. The number of aromatic nitrogens is 4. The predicted molar refractivity (Wildman–Crippen MR) is 102 cm³/mol. The molecule has 0 fully saturated rings. The molecule has 0 saturated carbocycles. The lowest BCUT2D eigenvalue weighted by atomic mass is 10.2. The molecule has 2 heterocycles. The predicted octanol–water partition coefficient (Wildman–Crippen LogP) is 5.11. The average Bonchev–Trinajstić information content (AvgIpc) is 3.25. The van der Waals surface area contributed by atoms with Gasteiger partial charge in [-0.3, -0.25) is 4.57 Å². The zero-order valence-electron chi connectivity index (χ0n) is 15.2. The Kier molecular flexibility index (Phi) is 4.95. The van der Waals surface area contributed by atoms with Crippen LogP contribution in [0.25, 0.3) is 17.1 Å². The summed E-state index contributed by atoms with van der Waals surface area (Å²) in [5.74, 6) is 1.25. The number of hydrogen-bond donors (Lipinski definition) is 0. The van der Waals surface area contributed by atoms with Crippen LogP contribution in [-0.2, 0) is 5.75 Å². The second-order valence-corrected chi connectivity index (χ2v) is 7.16. The van der Waals surface area contributed by atoms with Crippen LogP contribution in [0.1, 0.15) is 17.0 Å². The average molecular weight is 398 g/mol. The Morgan fingerprint density at radius 2 is 1.57 bits per heavy atom. The van der Waals surface area contributed by atoms with Crippen LogP contribution in [0.3, 0.4) is 0 Å². The van der Waals surface area contributed by atoms with Crippen molar-refractivity contribution in [1.29, 1.82) is 0 Å². The molecule has 0 aliphatic carbocycles. The van der Waals surface area contributed by atoms with E-state index in [1.165, 1.54) is 36.0 Å². The van der Waals surface area contributed by atoms with Gasteiger partial charge in [0, 0.05) is 22.6 Å². The molecular weight excluding hydrogens is 382 g/mol. The van der Waals surface area contributed by atoms with Crippen LogP contribution < -0.4 is 0 Å². The van der Waals surface area contributed by atoms with Crippen molar-refractivity contribution in [1.82, 2.24) is 19.9 Å². The molecule has 4 rings (SSSR count). The Hall–Kier alpha value is -3.00. The van der Waals surface area contributed by atoms with Crippen LogP contribution in [0.15, 0.2) is 58.2 Å². The minimum atomic E-state index is -0.329. The maximum Gasteiger partial charge on any atom is 0.196 e. The lowest BCUT2D eigenvalue weighted by Crippen LogP contribution is -2.00. The molecule has 0 N–H and O–H groups in total. The second kappa shape index (κ2) is 7.55. The molecular formula is C20H16F2N4OS. The summed E-state index contributed by atoms with van der Waals surface area (Å²) in [5, 5.41) is 13.2. The number of aryl methyl sites for hydroxylation is 2. The molecule has 2 aromatic heterocycles. The van der Waals surface area contributed by atoms with Crippen LogP contribution in [0.5, 0.6) is 0 Å². The first-order valence-corrected chi connectivity index (χ1v) is 9.53.